The Morgan fingerprint density at radius 2 is 1.93 bits per heavy atom. The van der Waals surface area contributed by atoms with E-state index in [1.807, 2.05) is 38.3 Å². The van der Waals surface area contributed by atoms with Crippen LogP contribution >= 0.6 is 0 Å². The molecule has 0 aliphatic rings. The summed E-state index contributed by atoms with van der Waals surface area (Å²) in [6.45, 7) is 7.92. The molecule has 1 N–H and O–H groups in total. The Morgan fingerprint density at radius 1 is 1.14 bits per heavy atom. The van der Waals surface area contributed by atoms with E-state index in [1.165, 1.54) is 12.1 Å². The number of pyridine rings is 1. The molecule has 1 amide bonds. The molecule has 1 aromatic carbocycles. The molecular formula is C22H22FN5O. The third-order valence-electron chi connectivity index (χ3n) is 5.12. The van der Waals surface area contributed by atoms with Crippen molar-refractivity contribution in [1.29, 1.82) is 0 Å². The molecule has 0 saturated carbocycles. The van der Waals surface area contributed by atoms with Gasteiger partial charge >= 0.3 is 0 Å². The molecular weight excluding hydrogens is 369 g/mol. The number of nitrogens with one attached hydrogen (secondary N) is 1. The molecule has 29 heavy (non-hydrogen) atoms. The van der Waals surface area contributed by atoms with Gasteiger partial charge in [-0.25, -0.2) is 18.9 Å². The Hall–Kier alpha value is -3.35. The minimum absolute atomic E-state index is 0.173. The van der Waals surface area contributed by atoms with Crippen molar-refractivity contribution in [3.8, 4) is 0 Å². The average molecular weight is 391 g/mol. The lowest BCUT2D eigenvalue weighted by molar-refractivity contribution is -0.116. The Kier molecular flexibility index (Phi) is 4.74. The minimum Gasteiger partial charge on any atom is -0.326 e. The van der Waals surface area contributed by atoms with Crippen LogP contribution in [0.3, 0.4) is 0 Å². The molecule has 4 rings (SSSR count). The number of carbonyl (C=O) groups excluding carboxylic acids is 1. The zero-order chi connectivity index (χ0) is 20.7. The van der Waals surface area contributed by atoms with Crippen LogP contribution in [0, 0.1) is 33.5 Å². The number of fused-ring (bicyclic) bond motifs is 3. The minimum atomic E-state index is -0.381. The second-order valence-electron chi connectivity index (χ2n) is 7.33. The van der Waals surface area contributed by atoms with E-state index in [-0.39, 0.29) is 18.1 Å². The van der Waals surface area contributed by atoms with E-state index in [0.29, 0.717) is 17.8 Å². The zero-order valence-electron chi connectivity index (χ0n) is 16.9. The highest BCUT2D eigenvalue weighted by atomic mass is 19.1. The zero-order valence-corrected chi connectivity index (χ0v) is 16.9. The molecule has 7 heteroatoms. The van der Waals surface area contributed by atoms with Crippen LogP contribution in [-0.4, -0.2) is 25.5 Å². The smallest absolute Gasteiger partial charge is 0.224 e. The Morgan fingerprint density at radius 3 is 2.69 bits per heavy atom. The number of benzene rings is 1. The number of aryl methyl sites for hydroxylation is 4. The monoisotopic (exact) mass is 391 g/mol. The summed E-state index contributed by atoms with van der Waals surface area (Å²) in [5, 5.41) is 8.33. The van der Waals surface area contributed by atoms with Crippen molar-refractivity contribution in [3.05, 3.63) is 64.4 Å². The van der Waals surface area contributed by atoms with Gasteiger partial charge in [0.2, 0.25) is 5.91 Å². The topological polar surface area (TPSA) is 72.2 Å². The van der Waals surface area contributed by atoms with Crippen LogP contribution in [0.5, 0.6) is 0 Å². The average Bonchev–Trinajstić information content (AvgIpc) is 3.00. The lowest BCUT2D eigenvalue weighted by Gasteiger charge is -2.11. The maximum absolute atomic E-state index is 13.3. The molecule has 0 fully saturated rings. The lowest BCUT2D eigenvalue weighted by atomic mass is 10.1. The lowest BCUT2D eigenvalue weighted by Crippen LogP contribution is -2.14. The molecule has 3 heterocycles. The fraction of sp³-hybridized carbons (Fsp3) is 0.273. The molecule has 0 radical (unpaired) electrons. The van der Waals surface area contributed by atoms with Crippen LogP contribution in [0.4, 0.5) is 10.1 Å². The summed E-state index contributed by atoms with van der Waals surface area (Å²) in [6.07, 6.45) is 0.784. The van der Waals surface area contributed by atoms with Gasteiger partial charge in [0.15, 0.2) is 11.3 Å². The van der Waals surface area contributed by atoms with Gasteiger partial charge in [-0.15, -0.1) is 5.10 Å². The van der Waals surface area contributed by atoms with E-state index in [4.69, 9.17) is 4.98 Å². The van der Waals surface area contributed by atoms with E-state index in [2.05, 4.69) is 15.4 Å². The van der Waals surface area contributed by atoms with Crippen LogP contribution in [-0.2, 0) is 11.2 Å². The molecule has 3 aromatic heterocycles. The summed E-state index contributed by atoms with van der Waals surface area (Å²) in [4.78, 5) is 21.6. The maximum atomic E-state index is 13.3. The molecule has 0 saturated heterocycles. The van der Waals surface area contributed by atoms with Gasteiger partial charge in [-0.3, -0.25) is 4.79 Å². The van der Waals surface area contributed by atoms with Gasteiger partial charge < -0.3 is 5.32 Å². The normalized spacial score (nSPS) is 11.3. The number of hydrogen-bond donors (Lipinski definition) is 1. The Bertz CT molecular complexity index is 1260. The maximum Gasteiger partial charge on any atom is 0.224 e. The highest BCUT2D eigenvalue weighted by molar-refractivity contribution is 5.93. The van der Waals surface area contributed by atoms with Gasteiger partial charge in [0, 0.05) is 29.2 Å². The molecule has 6 nitrogen and oxygen atoms in total. The largest absolute Gasteiger partial charge is 0.326 e. The van der Waals surface area contributed by atoms with E-state index in [9.17, 15) is 9.18 Å². The third-order valence-corrected chi connectivity index (χ3v) is 5.12. The number of halogens is 1. The van der Waals surface area contributed by atoms with E-state index >= 15 is 0 Å². The van der Waals surface area contributed by atoms with Gasteiger partial charge in [-0.1, -0.05) is 6.07 Å². The molecule has 0 aliphatic carbocycles. The molecule has 0 unspecified atom stereocenters. The van der Waals surface area contributed by atoms with Crippen molar-refractivity contribution in [2.45, 2.75) is 40.5 Å². The number of rotatable bonds is 4. The first-order chi connectivity index (χ1) is 13.8. The fourth-order valence-corrected chi connectivity index (χ4v) is 3.76. The number of amides is 1. The summed E-state index contributed by atoms with van der Waals surface area (Å²) in [5.41, 5.74) is 6.72. The first kappa shape index (κ1) is 19.0. The summed E-state index contributed by atoms with van der Waals surface area (Å²) in [5.74, 6) is -0.553. The Labute approximate surface area is 167 Å². The van der Waals surface area contributed by atoms with Gasteiger partial charge in [0.1, 0.15) is 5.82 Å². The van der Waals surface area contributed by atoms with Crippen molar-refractivity contribution >= 4 is 28.3 Å². The van der Waals surface area contributed by atoms with Gasteiger partial charge in [-0.05, 0) is 69.5 Å². The highest BCUT2D eigenvalue weighted by Crippen LogP contribution is 2.25. The number of carbonyl (C=O) groups is 1. The Balaban J connectivity index is 1.63. The van der Waals surface area contributed by atoms with Crippen LogP contribution < -0.4 is 5.32 Å². The predicted molar refractivity (Wildman–Crippen MR) is 111 cm³/mol. The summed E-state index contributed by atoms with van der Waals surface area (Å²) >= 11 is 0. The van der Waals surface area contributed by atoms with Crippen molar-refractivity contribution in [2.24, 2.45) is 0 Å². The van der Waals surface area contributed by atoms with Crippen LogP contribution in [0.1, 0.15) is 34.6 Å². The first-order valence-corrected chi connectivity index (χ1v) is 9.51. The molecule has 4 aromatic rings. The number of hydrogen-bond acceptors (Lipinski definition) is 4. The second kappa shape index (κ2) is 7.24. The SMILES string of the molecule is Cc1cc(C)c2c(n1)nn1c(C)c(CCC(=O)Nc3cccc(F)c3)c(C)nc21. The molecule has 148 valence electrons. The quantitative estimate of drug-likeness (QED) is 0.565. The third kappa shape index (κ3) is 3.55. The van der Waals surface area contributed by atoms with Crippen molar-refractivity contribution in [2.75, 3.05) is 5.32 Å². The van der Waals surface area contributed by atoms with E-state index in [0.717, 1.165) is 39.2 Å². The molecule has 0 aliphatic heterocycles. The molecule has 0 bridgehead atoms. The number of anilines is 1. The van der Waals surface area contributed by atoms with Gasteiger partial charge in [0.05, 0.1) is 5.39 Å². The van der Waals surface area contributed by atoms with Crippen LogP contribution in [0.2, 0.25) is 0 Å². The van der Waals surface area contributed by atoms with E-state index in [1.54, 1.807) is 12.1 Å². The van der Waals surface area contributed by atoms with Crippen molar-refractivity contribution in [3.63, 3.8) is 0 Å². The molecule has 0 atom stereocenters. The molecule has 0 spiro atoms. The highest BCUT2D eigenvalue weighted by Gasteiger charge is 2.17. The summed E-state index contributed by atoms with van der Waals surface area (Å²) < 4.78 is 15.1. The van der Waals surface area contributed by atoms with Crippen molar-refractivity contribution < 1.29 is 9.18 Å². The number of nitrogens with zero attached hydrogens (tertiary/aromatic N) is 4. The first-order valence-electron chi connectivity index (χ1n) is 9.51. The summed E-state index contributed by atoms with van der Waals surface area (Å²) in [6, 6.07) is 7.90. The summed E-state index contributed by atoms with van der Waals surface area (Å²) in [7, 11) is 0. The fourth-order valence-electron chi connectivity index (χ4n) is 3.76. The van der Waals surface area contributed by atoms with E-state index < -0.39 is 0 Å². The van der Waals surface area contributed by atoms with Gasteiger partial charge in [0.25, 0.3) is 0 Å². The second-order valence-corrected chi connectivity index (χ2v) is 7.33. The standard InChI is InChI=1S/C22H22FN5O/c1-12-10-13(2)24-21-20(12)22-25-14(3)18(15(4)28(22)27-21)8-9-19(29)26-17-7-5-6-16(23)11-17/h5-7,10-11H,8-9H2,1-4H3,(H,26,29). The van der Waals surface area contributed by atoms with Crippen LogP contribution in [0.25, 0.3) is 16.7 Å². The number of aromatic nitrogens is 4. The van der Waals surface area contributed by atoms with Crippen molar-refractivity contribution in [1.82, 2.24) is 19.6 Å². The predicted octanol–water partition coefficient (Wildman–Crippen LogP) is 4.22. The van der Waals surface area contributed by atoms with Crippen LogP contribution in [0.15, 0.2) is 30.3 Å². The van der Waals surface area contributed by atoms with Gasteiger partial charge in [-0.2, -0.15) is 0 Å².